The number of benzene rings is 1. The Balaban J connectivity index is 2.24. The molecule has 1 heterocycles. The Bertz CT molecular complexity index is 747. The fourth-order valence-electron chi connectivity index (χ4n) is 2.00. The number of nitrogens with zero attached hydrogens (tertiary/aromatic N) is 1. The summed E-state index contributed by atoms with van der Waals surface area (Å²) in [7, 11) is 0. The minimum absolute atomic E-state index is 0.0664. The molecule has 0 radical (unpaired) electrons. The molecular weight excluding hydrogens is 413 g/mol. The predicted molar refractivity (Wildman–Crippen MR) is 88.8 cm³/mol. The third-order valence-electron chi connectivity index (χ3n) is 3.02. The monoisotopic (exact) mass is 424 g/mol. The Morgan fingerprint density at radius 2 is 2.08 bits per heavy atom. The summed E-state index contributed by atoms with van der Waals surface area (Å²) >= 11 is 9.14. The molecule has 0 aliphatic rings. The van der Waals surface area contributed by atoms with Crippen LogP contribution in [0.1, 0.15) is 17.4 Å². The molecule has 1 N–H and O–H groups in total. The van der Waals surface area contributed by atoms with Gasteiger partial charge in [-0.1, -0.05) is 11.6 Å². The maximum absolute atomic E-state index is 12.4. The lowest BCUT2D eigenvalue weighted by molar-refractivity contribution is -0.153. The number of carbonyl (C=O) groups excluding carboxylic acids is 1. The van der Waals surface area contributed by atoms with Crippen LogP contribution in [0.3, 0.4) is 0 Å². The largest absolute Gasteiger partial charge is 0.482 e. The van der Waals surface area contributed by atoms with Crippen LogP contribution in [0.25, 0.3) is 0 Å². The van der Waals surface area contributed by atoms with E-state index in [1.807, 2.05) is 6.92 Å². The van der Waals surface area contributed by atoms with Crippen molar-refractivity contribution in [2.75, 3.05) is 11.9 Å². The molecule has 0 unspecified atom stereocenters. The van der Waals surface area contributed by atoms with Crippen molar-refractivity contribution in [2.45, 2.75) is 19.6 Å². The second-order valence-electron chi connectivity index (χ2n) is 4.83. The first kappa shape index (κ1) is 18.7. The predicted octanol–water partition coefficient (Wildman–Crippen LogP) is 5.12. The first-order chi connectivity index (χ1) is 11.2. The van der Waals surface area contributed by atoms with Crippen LogP contribution in [0.5, 0.6) is 5.75 Å². The van der Waals surface area contributed by atoms with E-state index in [0.717, 1.165) is 0 Å². The number of carbonyl (C=O) groups is 1. The summed E-state index contributed by atoms with van der Waals surface area (Å²) in [6.07, 6.45) is -2.75. The fourth-order valence-corrected chi connectivity index (χ4v) is 2.63. The molecule has 0 saturated carbocycles. The van der Waals surface area contributed by atoms with Crippen LogP contribution in [-0.2, 0) is 6.54 Å². The van der Waals surface area contributed by atoms with Gasteiger partial charge in [0.25, 0.3) is 5.91 Å². The molecule has 4 nitrogen and oxygen atoms in total. The number of hydrogen-bond acceptors (Lipinski definition) is 2. The van der Waals surface area contributed by atoms with Crippen molar-refractivity contribution in [3.8, 4) is 5.75 Å². The molecular formula is C15H13BrClF3N2O2. The molecule has 1 amide bonds. The average molecular weight is 426 g/mol. The first-order valence-corrected chi connectivity index (χ1v) is 8.03. The Morgan fingerprint density at radius 3 is 2.71 bits per heavy atom. The van der Waals surface area contributed by atoms with Gasteiger partial charge in [0, 0.05) is 22.2 Å². The topological polar surface area (TPSA) is 43.3 Å². The quantitative estimate of drug-likeness (QED) is 0.723. The number of alkyl halides is 3. The van der Waals surface area contributed by atoms with E-state index in [4.69, 9.17) is 16.3 Å². The van der Waals surface area contributed by atoms with Gasteiger partial charge >= 0.3 is 6.18 Å². The van der Waals surface area contributed by atoms with Gasteiger partial charge in [-0.2, -0.15) is 13.2 Å². The highest BCUT2D eigenvalue weighted by atomic mass is 79.9. The van der Waals surface area contributed by atoms with E-state index >= 15 is 0 Å². The zero-order chi connectivity index (χ0) is 17.9. The normalized spacial score (nSPS) is 11.4. The number of aromatic nitrogens is 1. The van der Waals surface area contributed by atoms with Gasteiger partial charge < -0.3 is 14.6 Å². The van der Waals surface area contributed by atoms with Crippen LogP contribution in [0, 0.1) is 0 Å². The zero-order valence-electron chi connectivity index (χ0n) is 12.5. The van der Waals surface area contributed by atoms with Gasteiger partial charge in [-0.25, -0.2) is 0 Å². The lowest BCUT2D eigenvalue weighted by atomic mass is 10.2. The van der Waals surface area contributed by atoms with Gasteiger partial charge in [0.15, 0.2) is 6.61 Å². The highest BCUT2D eigenvalue weighted by molar-refractivity contribution is 9.10. The standard InChI is InChI=1S/C15H13BrClF3N2O2/c1-2-22-7-9(16)5-12(22)14(23)21-11-6-10(17)3-4-13(11)24-8-15(18,19)20/h3-7H,2,8H2,1H3,(H,21,23). The Labute approximate surface area is 149 Å². The molecule has 1 aromatic carbocycles. The summed E-state index contributed by atoms with van der Waals surface area (Å²) in [6, 6.07) is 5.60. The van der Waals surface area contributed by atoms with Crippen LogP contribution in [0.15, 0.2) is 34.9 Å². The molecule has 9 heteroatoms. The van der Waals surface area contributed by atoms with Crippen molar-refractivity contribution in [3.63, 3.8) is 0 Å². The Kier molecular flexibility index (Phi) is 5.82. The summed E-state index contributed by atoms with van der Waals surface area (Å²) in [4.78, 5) is 12.4. The number of anilines is 1. The number of rotatable bonds is 5. The van der Waals surface area contributed by atoms with Crippen molar-refractivity contribution in [1.29, 1.82) is 0 Å². The van der Waals surface area contributed by atoms with Gasteiger partial charge in [0.05, 0.1) is 5.69 Å². The molecule has 0 spiro atoms. The molecule has 1 aromatic heterocycles. The maximum Gasteiger partial charge on any atom is 0.422 e. The van der Waals surface area contributed by atoms with Gasteiger partial charge in [0.2, 0.25) is 0 Å². The molecule has 0 fully saturated rings. The number of amides is 1. The molecule has 2 rings (SSSR count). The molecule has 0 aliphatic heterocycles. The minimum Gasteiger partial charge on any atom is -0.482 e. The molecule has 0 aliphatic carbocycles. The number of aryl methyl sites for hydroxylation is 1. The summed E-state index contributed by atoms with van der Waals surface area (Å²) in [5, 5.41) is 2.80. The van der Waals surface area contributed by atoms with E-state index in [0.29, 0.717) is 16.7 Å². The Hall–Kier alpha value is -1.67. The van der Waals surface area contributed by atoms with Crippen LogP contribution < -0.4 is 10.1 Å². The van der Waals surface area contributed by atoms with Gasteiger partial charge in [-0.05, 0) is 47.1 Å². The molecule has 0 bridgehead atoms. The van der Waals surface area contributed by atoms with E-state index in [2.05, 4.69) is 21.2 Å². The smallest absolute Gasteiger partial charge is 0.422 e. The first-order valence-electron chi connectivity index (χ1n) is 6.85. The fraction of sp³-hybridized carbons (Fsp3) is 0.267. The Morgan fingerprint density at radius 1 is 1.38 bits per heavy atom. The molecule has 130 valence electrons. The molecule has 0 atom stereocenters. The number of nitrogens with one attached hydrogen (secondary N) is 1. The van der Waals surface area contributed by atoms with Gasteiger partial charge in [-0.3, -0.25) is 4.79 Å². The number of halogens is 5. The third-order valence-corrected chi connectivity index (χ3v) is 3.69. The highest BCUT2D eigenvalue weighted by Crippen LogP contribution is 2.30. The average Bonchev–Trinajstić information content (AvgIpc) is 2.86. The summed E-state index contributed by atoms with van der Waals surface area (Å²) in [5.41, 5.74) is 0.419. The van der Waals surface area contributed by atoms with E-state index in [1.165, 1.54) is 18.2 Å². The maximum atomic E-state index is 12.4. The SMILES string of the molecule is CCn1cc(Br)cc1C(=O)Nc1cc(Cl)ccc1OCC(F)(F)F. The van der Waals surface area contributed by atoms with Crippen molar-refractivity contribution in [3.05, 3.63) is 45.7 Å². The number of hydrogen-bond donors (Lipinski definition) is 1. The second-order valence-corrected chi connectivity index (χ2v) is 6.18. The van der Waals surface area contributed by atoms with Crippen LogP contribution in [0.2, 0.25) is 5.02 Å². The van der Waals surface area contributed by atoms with E-state index in [9.17, 15) is 18.0 Å². The summed E-state index contributed by atoms with van der Waals surface area (Å²) < 4.78 is 44.2. The highest BCUT2D eigenvalue weighted by Gasteiger charge is 2.29. The van der Waals surface area contributed by atoms with Crippen LogP contribution in [0.4, 0.5) is 18.9 Å². The zero-order valence-corrected chi connectivity index (χ0v) is 14.8. The van der Waals surface area contributed by atoms with Crippen LogP contribution >= 0.6 is 27.5 Å². The van der Waals surface area contributed by atoms with E-state index < -0.39 is 18.7 Å². The lowest BCUT2D eigenvalue weighted by Crippen LogP contribution is -2.21. The molecule has 0 saturated heterocycles. The van der Waals surface area contributed by atoms with Crippen molar-refractivity contribution < 1.29 is 22.7 Å². The van der Waals surface area contributed by atoms with Gasteiger partial charge in [-0.15, -0.1) is 0 Å². The van der Waals surface area contributed by atoms with Crippen molar-refractivity contribution in [2.24, 2.45) is 0 Å². The van der Waals surface area contributed by atoms with Crippen LogP contribution in [-0.4, -0.2) is 23.3 Å². The summed E-state index contributed by atoms with van der Waals surface area (Å²) in [6.45, 7) is 0.955. The van der Waals surface area contributed by atoms with E-state index in [1.54, 1.807) is 16.8 Å². The lowest BCUT2D eigenvalue weighted by Gasteiger charge is -2.14. The van der Waals surface area contributed by atoms with Crippen molar-refractivity contribution in [1.82, 2.24) is 4.57 Å². The molecule has 24 heavy (non-hydrogen) atoms. The second kappa shape index (κ2) is 7.48. The van der Waals surface area contributed by atoms with Gasteiger partial charge in [0.1, 0.15) is 11.4 Å². The van der Waals surface area contributed by atoms with Crippen molar-refractivity contribution >= 4 is 39.1 Å². The third kappa shape index (κ3) is 4.91. The van der Waals surface area contributed by atoms with E-state index in [-0.39, 0.29) is 16.5 Å². The molecule has 2 aromatic rings. The summed E-state index contributed by atoms with van der Waals surface area (Å²) in [5.74, 6) is -0.597. The minimum atomic E-state index is -4.48. The number of ether oxygens (including phenoxy) is 1.